The fourth-order valence-electron chi connectivity index (χ4n) is 1.79. The number of hydrogen-bond donors (Lipinski definition) is 1. The van der Waals surface area contributed by atoms with Crippen molar-refractivity contribution in [1.82, 2.24) is 9.78 Å². The zero-order valence-corrected chi connectivity index (χ0v) is 8.83. The first-order valence-electron chi connectivity index (χ1n) is 5.17. The molecule has 1 heterocycles. The molecule has 1 fully saturated rings. The van der Waals surface area contributed by atoms with Crippen LogP contribution in [0.5, 0.6) is 0 Å². The van der Waals surface area contributed by atoms with Crippen molar-refractivity contribution in [2.45, 2.75) is 32.2 Å². The van der Waals surface area contributed by atoms with Gasteiger partial charge in [0, 0.05) is 13.1 Å². The van der Waals surface area contributed by atoms with Crippen LogP contribution in [0.4, 0.5) is 0 Å². The van der Waals surface area contributed by atoms with Crippen molar-refractivity contribution in [3.63, 3.8) is 0 Å². The van der Waals surface area contributed by atoms with Crippen LogP contribution in [-0.4, -0.2) is 15.8 Å². The van der Waals surface area contributed by atoms with Crippen LogP contribution in [0.3, 0.4) is 0 Å². The van der Waals surface area contributed by atoms with Gasteiger partial charge in [-0.1, -0.05) is 12.5 Å². The third-order valence-electron chi connectivity index (χ3n) is 2.73. The van der Waals surface area contributed by atoms with Gasteiger partial charge in [0.15, 0.2) is 0 Å². The lowest BCUT2D eigenvalue weighted by Crippen LogP contribution is -2.30. The molecule has 0 aromatic carbocycles. The van der Waals surface area contributed by atoms with E-state index in [4.69, 9.17) is 5.73 Å². The number of aromatic nitrogens is 2. The summed E-state index contributed by atoms with van der Waals surface area (Å²) in [4.78, 5) is 0. The van der Waals surface area contributed by atoms with E-state index in [9.17, 15) is 0 Å². The van der Waals surface area contributed by atoms with Crippen LogP contribution in [0.2, 0.25) is 0 Å². The van der Waals surface area contributed by atoms with E-state index in [0.29, 0.717) is 6.04 Å². The number of aryl methyl sites for hydroxylation is 2. The van der Waals surface area contributed by atoms with Crippen LogP contribution in [-0.2, 0) is 13.5 Å². The Labute approximate surface area is 84.6 Å². The van der Waals surface area contributed by atoms with Crippen molar-refractivity contribution in [1.29, 1.82) is 0 Å². The van der Waals surface area contributed by atoms with Crippen molar-refractivity contribution in [3.05, 3.63) is 23.0 Å². The summed E-state index contributed by atoms with van der Waals surface area (Å²) in [5.74, 6) is 0. The molecule has 0 spiro atoms. The summed E-state index contributed by atoms with van der Waals surface area (Å²) in [7, 11) is 1.99. The first kappa shape index (κ1) is 9.46. The first-order valence-corrected chi connectivity index (χ1v) is 5.17. The highest BCUT2D eigenvalue weighted by Gasteiger charge is 2.18. The van der Waals surface area contributed by atoms with Crippen molar-refractivity contribution in [2.24, 2.45) is 12.8 Å². The van der Waals surface area contributed by atoms with E-state index < -0.39 is 0 Å². The Morgan fingerprint density at radius 1 is 1.64 bits per heavy atom. The van der Waals surface area contributed by atoms with E-state index in [-0.39, 0.29) is 0 Å². The van der Waals surface area contributed by atoms with Crippen LogP contribution in [0.25, 0.3) is 6.08 Å². The molecular formula is C11H17N3. The fourth-order valence-corrected chi connectivity index (χ4v) is 1.79. The topological polar surface area (TPSA) is 43.8 Å². The molecule has 1 aliphatic carbocycles. The number of nitrogens with zero attached hydrogens (tertiary/aromatic N) is 2. The van der Waals surface area contributed by atoms with Crippen molar-refractivity contribution in [2.75, 3.05) is 0 Å². The van der Waals surface area contributed by atoms with Crippen molar-refractivity contribution >= 4 is 6.08 Å². The first-order chi connectivity index (χ1) is 6.69. The van der Waals surface area contributed by atoms with E-state index in [1.54, 1.807) is 0 Å². The second-order valence-corrected chi connectivity index (χ2v) is 4.01. The third-order valence-corrected chi connectivity index (χ3v) is 2.73. The maximum atomic E-state index is 5.73. The molecular weight excluding hydrogens is 174 g/mol. The highest BCUT2D eigenvalue weighted by molar-refractivity contribution is 5.52. The van der Waals surface area contributed by atoms with Crippen LogP contribution in [0, 0.1) is 0 Å². The molecule has 1 aliphatic rings. The smallest absolute Gasteiger partial charge is 0.0628 e. The van der Waals surface area contributed by atoms with Gasteiger partial charge in [0.2, 0.25) is 0 Å². The Hall–Kier alpha value is -1.09. The zero-order chi connectivity index (χ0) is 10.1. The second kappa shape index (κ2) is 3.58. The largest absolute Gasteiger partial charge is 0.327 e. The fraction of sp³-hybridized carbons (Fsp3) is 0.545. The lowest BCUT2D eigenvalue weighted by molar-refractivity contribution is 0.546. The molecule has 3 nitrogen and oxygen atoms in total. The molecule has 76 valence electrons. The minimum atomic E-state index is 0.389. The maximum absolute atomic E-state index is 5.73. The van der Waals surface area contributed by atoms with Gasteiger partial charge in [0.25, 0.3) is 0 Å². The minimum absolute atomic E-state index is 0.389. The van der Waals surface area contributed by atoms with Gasteiger partial charge in [-0.25, -0.2) is 0 Å². The summed E-state index contributed by atoms with van der Waals surface area (Å²) in [6, 6.07) is 2.54. The molecule has 2 N–H and O–H groups in total. The van der Waals surface area contributed by atoms with Gasteiger partial charge in [-0.3, -0.25) is 4.68 Å². The average molecular weight is 191 g/mol. The van der Waals surface area contributed by atoms with Crippen LogP contribution >= 0.6 is 0 Å². The van der Waals surface area contributed by atoms with Gasteiger partial charge in [-0.15, -0.1) is 0 Å². The molecule has 0 unspecified atom stereocenters. The van der Waals surface area contributed by atoms with Gasteiger partial charge < -0.3 is 5.73 Å². The zero-order valence-electron chi connectivity index (χ0n) is 8.83. The molecule has 1 saturated carbocycles. The standard InChI is InChI=1S/C11H17N3/c1-3-10-7-11(14(2)13-10)6-8-4-9(12)5-8/h6-7,9H,3-5,12H2,1-2H3. The van der Waals surface area contributed by atoms with E-state index in [0.717, 1.165) is 25.0 Å². The highest BCUT2D eigenvalue weighted by Crippen LogP contribution is 2.26. The molecule has 1 aromatic rings. The second-order valence-electron chi connectivity index (χ2n) is 4.01. The molecule has 0 bridgehead atoms. The number of nitrogens with two attached hydrogens (primary N) is 1. The summed E-state index contributed by atoms with van der Waals surface area (Å²) >= 11 is 0. The van der Waals surface area contributed by atoms with E-state index in [1.165, 1.54) is 11.3 Å². The Bertz CT molecular complexity index is 355. The third kappa shape index (κ3) is 1.73. The predicted molar refractivity (Wildman–Crippen MR) is 57.8 cm³/mol. The molecule has 14 heavy (non-hydrogen) atoms. The summed E-state index contributed by atoms with van der Waals surface area (Å²) in [5, 5.41) is 4.40. The summed E-state index contributed by atoms with van der Waals surface area (Å²) < 4.78 is 1.94. The maximum Gasteiger partial charge on any atom is 0.0628 e. The lowest BCUT2D eigenvalue weighted by Gasteiger charge is -2.25. The van der Waals surface area contributed by atoms with Crippen LogP contribution in [0.1, 0.15) is 31.2 Å². The summed E-state index contributed by atoms with van der Waals surface area (Å²) in [6.07, 6.45) is 5.31. The van der Waals surface area contributed by atoms with Crippen LogP contribution < -0.4 is 5.73 Å². The van der Waals surface area contributed by atoms with Gasteiger partial charge in [0.1, 0.15) is 0 Å². The Morgan fingerprint density at radius 2 is 2.36 bits per heavy atom. The quantitative estimate of drug-likeness (QED) is 0.769. The predicted octanol–water partition coefficient (Wildman–Crippen LogP) is 1.49. The van der Waals surface area contributed by atoms with Gasteiger partial charge >= 0.3 is 0 Å². The van der Waals surface area contributed by atoms with Gasteiger partial charge in [-0.2, -0.15) is 5.10 Å². The Balaban J connectivity index is 2.16. The van der Waals surface area contributed by atoms with E-state index >= 15 is 0 Å². The molecule has 3 heteroatoms. The molecule has 1 aromatic heterocycles. The molecule has 0 radical (unpaired) electrons. The Morgan fingerprint density at radius 3 is 2.86 bits per heavy atom. The normalized spacial score (nSPS) is 20.8. The highest BCUT2D eigenvalue weighted by atomic mass is 15.3. The minimum Gasteiger partial charge on any atom is -0.327 e. The van der Waals surface area contributed by atoms with Crippen molar-refractivity contribution < 1.29 is 0 Å². The monoisotopic (exact) mass is 191 g/mol. The number of hydrogen-bond acceptors (Lipinski definition) is 2. The summed E-state index contributed by atoms with van der Waals surface area (Å²) in [5.41, 5.74) is 9.53. The van der Waals surface area contributed by atoms with Crippen LogP contribution in [0.15, 0.2) is 11.6 Å². The lowest BCUT2D eigenvalue weighted by atomic mass is 9.86. The molecule has 2 rings (SSSR count). The van der Waals surface area contributed by atoms with E-state index in [2.05, 4.69) is 24.2 Å². The number of rotatable bonds is 2. The van der Waals surface area contributed by atoms with Gasteiger partial charge in [-0.05, 0) is 31.4 Å². The molecule has 0 amide bonds. The Kier molecular flexibility index (Phi) is 2.42. The molecule has 0 atom stereocenters. The molecule has 0 saturated heterocycles. The SMILES string of the molecule is CCc1cc(C=C2CC(N)C2)n(C)n1. The average Bonchev–Trinajstić information content (AvgIpc) is 2.45. The van der Waals surface area contributed by atoms with Gasteiger partial charge in [0.05, 0.1) is 11.4 Å². The van der Waals surface area contributed by atoms with E-state index in [1.807, 2.05) is 11.7 Å². The summed E-state index contributed by atoms with van der Waals surface area (Å²) in [6.45, 7) is 2.12. The van der Waals surface area contributed by atoms with Crippen molar-refractivity contribution in [3.8, 4) is 0 Å². The molecule has 0 aliphatic heterocycles.